The maximum Gasteiger partial charge on any atom is 0.176 e. The van der Waals surface area contributed by atoms with Gasteiger partial charge in [0.25, 0.3) is 0 Å². The molecule has 4 aromatic rings. The van der Waals surface area contributed by atoms with Crippen LogP contribution in [0.5, 0.6) is 0 Å². The van der Waals surface area contributed by atoms with Crippen molar-refractivity contribution in [1.29, 1.82) is 0 Å². The largest absolute Gasteiger partial charge is 0.457 e. The van der Waals surface area contributed by atoms with Crippen LogP contribution in [0.2, 0.25) is 5.02 Å². The molecular weight excluding hydrogens is 348 g/mol. The summed E-state index contributed by atoms with van der Waals surface area (Å²) < 4.78 is 6.04. The Labute approximate surface area is 155 Å². The van der Waals surface area contributed by atoms with Crippen LogP contribution in [-0.4, -0.2) is 15.1 Å². The standard InChI is InChI=1S/C21H15ClN2O2/c22-18-8-6-16(7-9-18)21(25,17-12-23-14-24-13-17)20-11-10-19(26-20)15-4-2-1-3-5-15/h1-14,25H. The van der Waals surface area contributed by atoms with Crippen LogP contribution in [0, 0.1) is 0 Å². The first-order valence-electron chi connectivity index (χ1n) is 8.07. The van der Waals surface area contributed by atoms with E-state index in [9.17, 15) is 5.11 Å². The van der Waals surface area contributed by atoms with Crippen molar-refractivity contribution in [2.24, 2.45) is 0 Å². The van der Waals surface area contributed by atoms with Crippen molar-refractivity contribution in [1.82, 2.24) is 9.97 Å². The van der Waals surface area contributed by atoms with Gasteiger partial charge in [-0.3, -0.25) is 0 Å². The second-order valence-electron chi connectivity index (χ2n) is 5.87. The molecule has 1 atom stereocenters. The van der Waals surface area contributed by atoms with E-state index in [0.29, 0.717) is 27.7 Å². The van der Waals surface area contributed by atoms with E-state index in [0.717, 1.165) is 5.56 Å². The van der Waals surface area contributed by atoms with Crippen LogP contribution >= 0.6 is 11.6 Å². The lowest BCUT2D eigenvalue weighted by Gasteiger charge is -2.26. The molecule has 128 valence electrons. The summed E-state index contributed by atoms with van der Waals surface area (Å²) in [6.07, 6.45) is 4.57. The zero-order valence-corrected chi connectivity index (χ0v) is 14.5. The van der Waals surface area contributed by atoms with Gasteiger partial charge in [-0.25, -0.2) is 9.97 Å². The first kappa shape index (κ1) is 16.5. The predicted octanol–water partition coefficient (Wildman–Crippen LogP) is 4.67. The minimum Gasteiger partial charge on any atom is -0.457 e. The number of aromatic nitrogens is 2. The van der Waals surface area contributed by atoms with Crippen LogP contribution in [0.3, 0.4) is 0 Å². The molecule has 0 spiro atoms. The molecule has 0 radical (unpaired) electrons. The Balaban J connectivity index is 1.87. The van der Waals surface area contributed by atoms with Crippen LogP contribution in [0.1, 0.15) is 16.9 Å². The average Bonchev–Trinajstić information content (AvgIpc) is 3.20. The van der Waals surface area contributed by atoms with Gasteiger partial charge in [0.15, 0.2) is 5.60 Å². The van der Waals surface area contributed by atoms with Gasteiger partial charge in [-0.15, -0.1) is 0 Å². The fourth-order valence-electron chi connectivity index (χ4n) is 2.92. The van der Waals surface area contributed by atoms with E-state index in [1.165, 1.54) is 6.33 Å². The molecule has 0 bridgehead atoms. The normalized spacial score (nSPS) is 13.3. The quantitative estimate of drug-likeness (QED) is 0.573. The van der Waals surface area contributed by atoms with Crippen LogP contribution in [0.4, 0.5) is 0 Å². The van der Waals surface area contributed by atoms with Crippen molar-refractivity contribution < 1.29 is 9.52 Å². The molecular formula is C21H15ClN2O2. The van der Waals surface area contributed by atoms with E-state index in [1.807, 2.05) is 36.4 Å². The van der Waals surface area contributed by atoms with Crippen LogP contribution in [-0.2, 0) is 5.60 Å². The zero-order valence-electron chi connectivity index (χ0n) is 13.7. The van der Waals surface area contributed by atoms with Crippen LogP contribution < -0.4 is 0 Å². The highest BCUT2D eigenvalue weighted by Gasteiger charge is 2.38. The first-order chi connectivity index (χ1) is 12.7. The third kappa shape index (κ3) is 2.90. The summed E-state index contributed by atoms with van der Waals surface area (Å²) in [4.78, 5) is 8.09. The third-order valence-corrected chi connectivity index (χ3v) is 4.51. The van der Waals surface area contributed by atoms with Gasteiger partial charge in [0.2, 0.25) is 0 Å². The molecule has 0 saturated heterocycles. The fourth-order valence-corrected chi connectivity index (χ4v) is 3.04. The number of halogens is 1. The minimum atomic E-state index is -1.53. The molecule has 2 heterocycles. The Morgan fingerprint density at radius 3 is 2.19 bits per heavy atom. The molecule has 0 amide bonds. The summed E-state index contributed by atoms with van der Waals surface area (Å²) in [5, 5.41) is 12.2. The van der Waals surface area contributed by atoms with Gasteiger partial charge in [0, 0.05) is 28.5 Å². The zero-order chi connectivity index (χ0) is 18.0. The number of benzene rings is 2. The Morgan fingerprint density at radius 2 is 1.50 bits per heavy atom. The molecule has 2 aromatic heterocycles. The average molecular weight is 363 g/mol. The maximum absolute atomic E-state index is 11.7. The molecule has 26 heavy (non-hydrogen) atoms. The van der Waals surface area contributed by atoms with Crippen LogP contribution in [0.15, 0.2) is 89.9 Å². The highest BCUT2D eigenvalue weighted by molar-refractivity contribution is 6.30. The van der Waals surface area contributed by atoms with E-state index in [-0.39, 0.29) is 0 Å². The fraction of sp³-hybridized carbons (Fsp3) is 0.0476. The van der Waals surface area contributed by atoms with Crippen LogP contribution in [0.25, 0.3) is 11.3 Å². The predicted molar refractivity (Wildman–Crippen MR) is 99.7 cm³/mol. The van der Waals surface area contributed by atoms with E-state index in [4.69, 9.17) is 16.0 Å². The summed E-state index contributed by atoms with van der Waals surface area (Å²) in [6.45, 7) is 0. The first-order valence-corrected chi connectivity index (χ1v) is 8.45. The monoisotopic (exact) mass is 362 g/mol. The lowest BCUT2D eigenvalue weighted by molar-refractivity contribution is 0.0990. The molecule has 4 rings (SSSR count). The molecule has 0 fully saturated rings. The number of aliphatic hydroxyl groups is 1. The molecule has 0 saturated carbocycles. The Kier molecular flexibility index (Phi) is 4.29. The molecule has 1 unspecified atom stereocenters. The molecule has 0 aliphatic carbocycles. The van der Waals surface area contributed by atoms with Gasteiger partial charge in [-0.1, -0.05) is 54.1 Å². The molecule has 5 heteroatoms. The van der Waals surface area contributed by atoms with E-state index in [2.05, 4.69) is 9.97 Å². The van der Waals surface area contributed by atoms with E-state index >= 15 is 0 Å². The third-order valence-electron chi connectivity index (χ3n) is 4.26. The van der Waals surface area contributed by atoms with Gasteiger partial charge in [-0.2, -0.15) is 0 Å². The van der Waals surface area contributed by atoms with Gasteiger partial charge in [-0.05, 0) is 29.8 Å². The Morgan fingerprint density at radius 1 is 0.808 bits per heavy atom. The minimum absolute atomic E-state index is 0.383. The Bertz CT molecular complexity index is 1000. The summed E-state index contributed by atoms with van der Waals surface area (Å²) in [5.41, 5.74) is 0.530. The van der Waals surface area contributed by atoms with Crippen molar-refractivity contribution in [3.05, 3.63) is 107 Å². The highest BCUT2D eigenvalue weighted by Crippen LogP contribution is 2.38. The van der Waals surface area contributed by atoms with E-state index in [1.54, 1.807) is 42.7 Å². The number of furan rings is 1. The second kappa shape index (κ2) is 6.75. The molecule has 0 aliphatic rings. The number of nitrogens with zero attached hydrogens (tertiary/aromatic N) is 2. The van der Waals surface area contributed by atoms with E-state index < -0.39 is 5.60 Å². The van der Waals surface area contributed by atoms with Gasteiger partial charge >= 0.3 is 0 Å². The molecule has 1 N–H and O–H groups in total. The summed E-state index contributed by atoms with van der Waals surface area (Å²) in [6, 6.07) is 20.3. The summed E-state index contributed by atoms with van der Waals surface area (Å²) >= 11 is 6.01. The Hall–Kier alpha value is -2.95. The van der Waals surface area contributed by atoms with Gasteiger partial charge in [0.05, 0.1) is 0 Å². The van der Waals surface area contributed by atoms with Gasteiger partial charge in [0.1, 0.15) is 17.8 Å². The number of hydrogen-bond acceptors (Lipinski definition) is 4. The molecule has 4 nitrogen and oxygen atoms in total. The summed E-state index contributed by atoms with van der Waals surface area (Å²) in [5.74, 6) is 1.05. The molecule has 0 aliphatic heterocycles. The van der Waals surface area contributed by atoms with Crippen molar-refractivity contribution in [2.75, 3.05) is 0 Å². The second-order valence-corrected chi connectivity index (χ2v) is 6.31. The topological polar surface area (TPSA) is 59.2 Å². The van der Waals surface area contributed by atoms with Crippen molar-refractivity contribution in [2.45, 2.75) is 5.60 Å². The maximum atomic E-state index is 11.7. The van der Waals surface area contributed by atoms with Crippen molar-refractivity contribution in [3.8, 4) is 11.3 Å². The van der Waals surface area contributed by atoms with Gasteiger partial charge < -0.3 is 9.52 Å². The molecule has 2 aromatic carbocycles. The summed E-state index contributed by atoms with van der Waals surface area (Å²) in [7, 11) is 0. The number of hydrogen-bond donors (Lipinski definition) is 1. The van der Waals surface area contributed by atoms with Crippen molar-refractivity contribution in [3.63, 3.8) is 0 Å². The lowest BCUT2D eigenvalue weighted by atomic mass is 9.86. The lowest BCUT2D eigenvalue weighted by Crippen LogP contribution is -2.28. The number of rotatable bonds is 4. The van der Waals surface area contributed by atoms with Crippen molar-refractivity contribution >= 4 is 11.6 Å². The smallest absolute Gasteiger partial charge is 0.176 e. The SMILES string of the molecule is OC(c1ccc(Cl)cc1)(c1cncnc1)c1ccc(-c2ccccc2)o1. The highest BCUT2D eigenvalue weighted by atomic mass is 35.5.